The van der Waals surface area contributed by atoms with Crippen LogP contribution in [0.1, 0.15) is 0 Å². The highest BCUT2D eigenvalue weighted by molar-refractivity contribution is 5.08. The van der Waals surface area contributed by atoms with Crippen LogP contribution in [0.2, 0.25) is 0 Å². The molecule has 0 radical (unpaired) electrons. The van der Waals surface area contributed by atoms with E-state index in [-0.39, 0.29) is 7.11 Å². The van der Waals surface area contributed by atoms with Crippen molar-refractivity contribution < 1.29 is 53.0 Å². The molecule has 0 aliphatic heterocycles. The third-order valence-corrected chi connectivity index (χ3v) is 1.84. The Hall–Kier alpha value is -0.810. The van der Waals surface area contributed by atoms with Gasteiger partial charge in [0.1, 0.15) is 0 Å². The lowest BCUT2D eigenvalue weighted by Gasteiger charge is -2.38. The van der Waals surface area contributed by atoms with Crippen molar-refractivity contribution >= 4 is 0 Å². The van der Waals surface area contributed by atoms with Crippen LogP contribution in [0.15, 0.2) is 0 Å². The number of hydrogen-bond acceptors (Lipinski definition) is 1. The first-order chi connectivity index (χ1) is 7.56. The molecule has 0 N–H and O–H groups in total. The van der Waals surface area contributed by atoms with E-state index < -0.39 is 30.1 Å². The Bertz CT molecular complexity index is 286. The van der Waals surface area contributed by atoms with Crippen molar-refractivity contribution in [2.75, 3.05) is 7.11 Å². The molecule has 110 valence electrons. The largest absolute Gasteiger partial charge is 0.438 e. The van der Waals surface area contributed by atoms with Gasteiger partial charge in [-0.15, -0.1) is 0 Å². The quantitative estimate of drug-likeness (QED) is 0.722. The van der Waals surface area contributed by atoms with Crippen LogP contribution in [0.5, 0.6) is 0 Å². The summed E-state index contributed by atoms with van der Waals surface area (Å²) in [5, 5.41) is 0. The lowest BCUT2D eigenvalue weighted by Crippen LogP contribution is -2.70. The van der Waals surface area contributed by atoms with Gasteiger partial charge in [-0.3, -0.25) is 0 Å². The van der Waals surface area contributed by atoms with E-state index in [0.717, 1.165) is 0 Å². The van der Waals surface area contributed by atoms with Crippen molar-refractivity contribution in [2.45, 2.75) is 30.1 Å². The molecule has 0 atom stereocenters. The number of rotatable bonds is 3. The van der Waals surface area contributed by atoms with Gasteiger partial charge >= 0.3 is 30.1 Å². The molecule has 0 aliphatic rings. The van der Waals surface area contributed by atoms with E-state index >= 15 is 0 Å². The number of hydrogen-bond donors (Lipinski definition) is 0. The third kappa shape index (κ3) is 2.10. The summed E-state index contributed by atoms with van der Waals surface area (Å²) in [6.07, 6.45) is -21.0. The highest BCUT2D eigenvalue weighted by Gasteiger charge is 2.90. The summed E-state index contributed by atoms with van der Waals surface area (Å²) in [7, 11) is -0.304. The fourth-order valence-corrected chi connectivity index (χ4v) is 0.845. The van der Waals surface area contributed by atoms with E-state index in [9.17, 15) is 48.3 Å². The maximum atomic E-state index is 12.7. The van der Waals surface area contributed by atoms with Gasteiger partial charge < -0.3 is 4.74 Å². The first-order valence-electron chi connectivity index (χ1n) is 3.69. The Labute approximate surface area is 91.5 Å². The molecule has 0 aromatic rings. The van der Waals surface area contributed by atoms with Gasteiger partial charge in [0, 0.05) is 7.11 Å². The summed E-state index contributed by atoms with van der Waals surface area (Å²) in [5.74, 6) is -7.20. The van der Waals surface area contributed by atoms with Gasteiger partial charge in [0.15, 0.2) is 0 Å². The molecule has 0 amide bonds. The van der Waals surface area contributed by atoms with E-state index in [0.29, 0.717) is 0 Å². The second-order valence-electron chi connectivity index (χ2n) is 2.95. The second-order valence-corrected chi connectivity index (χ2v) is 2.95. The molecule has 0 aromatic carbocycles. The normalized spacial score (nSPS) is 16.0. The number of ether oxygens (including phenoxy) is 1. The fourth-order valence-electron chi connectivity index (χ4n) is 0.845. The molecule has 0 heterocycles. The van der Waals surface area contributed by atoms with Crippen molar-refractivity contribution in [3.8, 4) is 0 Å². The number of halogens is 11. The maximum absolute atomic E-state index is 12.7. The SMILES string of the molecule is COC(F)(F)C(F)(F)C(F)(C(F)(F)F)C(F)(F)F. The van der Waals surface area contributed by atoms with E-state index in [1.807, 2.05) is 0 Å². The molecule has 12 heteroatoms. The van der Waals surface area contributed by atoms with E-state index in [4.69, 9.17) is 0 Å². The molecule has 0 fully saturated rings. The molecule has 0 unspecified atom stereocenters. The minimum atomic E-state index is -7.45. The number of methoxy groups -OCH3 is 1. The van der Waals surface area contributed by atoms with Crippen LogP contribution < -0.4 is 0 Å². The molecule has 0 saturated heterocycles. The van der Waals surface area contributed by atoms with E-state index in [2.05, 4.69) is 4.74 Å². The van der Waals surface area contributed by atoms with Crippen LogP contribution in [0.25, 0.3) is 0 Å². The lowest BCUT2D eigenvalue weighted by molar-refractivity contribution is -0.459. The first kappa shape index (κ1) is 17.2. The Morgan fingerprint density at radius 2 is 0.889 bits per heavy atom. The van der Waals surface area contributed by atoms with E-state index in [1.54, 1.807) is 0 Å². The molecule has 0 saturated carbocycles. The molecule has 0 aromatic heterocycles. The van der Waals surface area contributed by atoms with Gasteiger partial charge in [0.25, 0.3) is 0 Å². The second kappa shape index (κ2) is 4.10. The van der Waals surface area contributed by atoms with Crippen molar-refractivity contribution in [3.05, 3.63) is 0 Å². The summed E-state index contributed by atoms with van der Waals surface area (Å²) in [6.45, 7) is 0. The van der Waals surface area contributed by atoms with Crippen LogP contribution in [0, 0.1) is 0 Å². The standard InChI is InChI=1S/C6H3F11O/c1-18-6(16,17)3(8,9)2(7,4(10,11)12)5(13,14)15/h1H3. The zero-order valence-corrected chi connectivity index (χ0v) is 8.07. The average Bonchev–Trinajstić information content (AvgIpc) is 2.12. The Kier molecular flexibility index (Phi) is 3.91. The molecule has 0 rings (SSSR count). The summed E-state index contributed by atoms with van der Waals surface area (Å²) < 4.78 is 136. The highest BCUT2D eigenvalue weighted by Crippen LogP contribution is 2.59. The maximum Gasteiger partial charge on any atom is 0.438 e. The molecule has 1 nitrogen and oxygen atoms in total. The van der Waals surface area contributed by atoms with Gasteiger partial charge in [-0.25, -0.2) is 4.39 Å². The summed E-state index contributed by atoms with van der Waals surface area (Å²) >= 11 is 0. The van der Waals surface area contributed by atoms with Crippen LogP contribution >= 0.6 is 0 Å². The topological polar surface area (TPSA) is 9.23 Å². The van der Waals surface area contributed by atoms with Crippen LogP contribution in [-0.2, 0) is 4.74 Å². The highest BCUT2D eigenvalue weighted by atomic mass is 19.4. The molecular formula is C6H3F11O. The first-order valence-corrected chi connectivity index (χ1v) is 3.69. The summed E-state index contributed by atoms with van der Waals surface area (Å²) in [5.41, 5.74) is -7.45. The van der Waals surface area contributed by atoms with Gasteiger partial charge in [0.2, 0.25) is 0 Å². The van der Waals surface area contributed by atoms with Gasteiger partial charge in [-0.1, -0.05) is 0 Å². The fraction of sp³-hybridized carbons (Fsp3) is 1.00. The average molecular weight is 300 g/mol. The van der Waals surface area contributed by atoms with Crippen molar-refractivity contribution in [1.29, 1.82) is 0 Å². The van der Waals surface area contributed by atoms with Crippen molar-refractivity contribution in [2.24, 2.45) is 0 Å². The number of alkyl halides is 11. The zero-order chi connectivity index (χ0) is 15.2. The Morgan fingerprint density at radius 1 is 0.611 bits per heavy atom. The third-order valence-electron chi connectivity index (χ3n) is 1.84. The van der Waals surface area contributed by atoms with Crippen molar-refractivity contribution in [1.82, 2.24) is 0 Å². The lowest BCUT2D eigenvalue weighted by atomic mass is 9.95. The predicted octanol–water partition coefficient (Wildman–Crippen LogP) is 3.69. The monoisotopic (exact) mass is 300 g/mol. The van der Waals surface area contributed by atoms with Gasteiger partial charge in [-0.2, -0.15) is 43.9 Å². The van der Waals surface area contributed by atoms with Crippen LogP contribution in [0.3, 0.4) is 0 Å². The summed E-state index contributed by atoms with van der Waals surface area (Å²) in [4.78, 5) is 0. The molecule has 0 spiro atoms. The predicted molar refractivity (Wildman–Crippen MR) is 32.9 cm³/mol. The van der Waals surface area contributed by atoms with Crippen LogP contribution in [-0.4, -0.2) is 37.2 Å². The van der Waals surface area contributed by atoms with Gasteiger partial charge in [0.05, 0.1) is 0 Å². The molecule has 0 aliphatic carbocycles. The van der Waals surface area contributed by atoms with Crippen molar-refractivity contribution in [3.63, 3.8) is 0 Å². The molecule has 18 heavy (non-hydrogen) atoms. The van der Waals surface area contributed by atoms with Crippen LogP contribution in [0.4, 0.5) is 48.3 Å². The molecular weight excluding hydrogens is 297 g/mol. The zero-order valence-electron chi connectivity index (χ0n) is 8.07. The minimum Gasteiger partial charge on any atom is -0.319 e. The minimum absolute atomic E-state index is 0.304. The van der Waals surface area contributed by atoms with Gasteiger partial charge in [-0.05, 0) is 0 Å². The van der Waals surface area contributed by atoms with E-state index in [1.165, 1.54) is 0 Å². The smallest absolute Gasteiger partial charge is 0.319 e. The molecule has 0 bridgehead atoms. The Balaban J connectivity index is 6.10. The Morgan fingerprint density at radius 3 is 1.06 bits per heavy atom. The summed E-state index contributed by atoms with van der Waals surface area (Å²) in [6, 6.07) is 0.